The number of likely N-dealkylation sites (tertiary alicyclic amines) is 3. The van der Waals surface area contributed by atoms with Gasteiger partial charge in [-0.15, -0.1) is 0 Å². The Kier molecular flexibility index (Phi) is 15.1. The molecule has 3 saturated heterocycles. The van der Waals surface area contributed by atoms with Crippen LogP contribution in [0, 0.1) is 23.6 Å². The number of nitrogens with zero attached hydrogens (tertiary/aromatic N) is 4. The van der Waals surface area contributed by atoms with E-state index in [1.54, 1.807) is 12.3 Å². The molecule has 1 aromatic carbocycles. The number of halogens is 2. The zero-order valence-corrected chi connectivity index (χ0v) is 31.1. The first-order valence-electron chi connectivity index (χ1n) is 19.1. The average Bonchev–Trinajstić information content (AvgIpc) is 3.68. The number of allylic oxidation sites excluding steroid dienone is 2. The van der Waals surface area contributed by atoms with Crippen molar-refractivity contribution in [3.8, 4) is 0 Å². The van der Waals surface area contributed by atoms with Gasteiger partial charge in [0.25, 0.3) is 0 Å². The van der Waals surface area contributed by atoms with Gasteiger partial charge in [0.15, 0.2) is 6.29 Å². The number of benzene rings is 1. The number of piperidine rings is 1. The third-order valence-electron chi connectivity index (χ3n) is 11.2. The van der Waals surface area contributed by atoms with Crippen LogP contribution < -0.4 is 5.32 Å². The predicted octanol–water partition coefficient (Wildman–Crippen LogP) is 9.37. The zero-order chi connectivity index (χ0) is 33.8. The molecule has 0 aromatic heterocycles. The lowest BCUT2D eigenvalue weighted by Crippen LogP contribution is -2.47. The van der Waals surface area contributed by atoms with Crippen LogP contribution in [0.3, 0.4) is 0 Å². The lowest BCUT2D eigenvalue weighted by Gasteiger charge is -2.37. The van der Waals surface area contributed by atoms with Gasteiger partial charge in [-0.05, 0) is 92.9 Å². The van der Waals surface area contributed by atoms with Gasteiger partial charge in [0.1, 0.15) is 5.82 Å². The van der Waals surface area contributed by atoms with Gasteiger partial charge in [0.05, 0.1) is 5.03 Å². The third kappa shape index (κ3) is 10.8. The Morgan fingerprint density at radius 3 is 2.60 bits per heavy atom. The van der Waals surface area contributed by atoms with E-state index in [0.717, 1.165) is 73.6 Å². The molecule has 0 radical (unpaired) electrons. The molecular formula is C40H65ClFN5. The van der Waals surface area contributed by atoms with E-state index in [9.17, 15) is 0 Å². The molecule has 7 heteroatoms. The molecule has 4 atom stereocenters. The Balaban J connectivity index is 0.00000245. The molecular weight excluding hydrogens is 605 g/mol. The van der Waals surface area contributed by atoms with E-state index in [-0.39, 0.29) is 17.6 Å². The SMILES string of the molecule is C=C(Cc1ccc(CCCCC2CCN(C3N=CC(Cl)=CN3)CC2)cc1F)N1CCC2(CCCN2CC(C)CC(C)CCC)C1.CC. The maximum absolute atomic E-state index is 15.3. The summed E-state index contributed by atoms with van der Waals surface area (Å²) in [4.78, 5) is 12.2. The van der Waals surface area contributed by atoms with Gasteiger partial charge in [0, 0.05) is 62.8 Å². The molecule has 0 amide bonds. The van der Waals surface area contributed by atoms with Crippen molar-refractivity contribution in [3.63, 3.8) is 0 Å². The summed E-state index contributed by atoms with van der Waals surface area (Å²) in [5, 5.41) is 3.93. The quantitative estimate of drug-likeness (QED) is 0.189. The summed E-state index contributed by atoms with van der Waals surface area (Å²) in [7, 11) is 0. The monoisotopic (exact) mass is 669 g/mol. The summed E-state index contributed by atoms with van der Waals surface area (Å²) in [6.45, 7) is 22.3. The standard InChI is InChI=1S/C38H59ClFN5.C2H6/c1-5-9-29(2)22-30(3)27-45-18-8-16-38(45)17-21-44(28-38)31(4)23-34-13-12-33(24-36(34)40)11-7-6-10-32-14-19-43(20-15-32)37-41-25-35(39)26-42-37;1-2/h12-13,24-26,29-30,32,37,41H,4-11,14-23,27-28H2,1-3H3;1-2H3. The van der Waals surface area contributed by atoms with Gasteiger partial charge in [-0.1, -0.05) is 90.6 Å². The second-order valence-corrected chi connectivity index (χ2v) is 15.4. The van der Waals surface area contributed by atoms with Crippen LogP contribution in [0.25, 0.3) is 0 Å². The fraction of sp³-hybridized carbons (Fsp3) is 0.725. The normalized spacial score (nSPS) is 25.0. The molecule has 4 aliphatic rings. The highest BCUT2D eigenvalue weighted by Gasteiger charge is 2.46. The van der Waals surface area contributed by atoms with E-state index in [1.807, 2.05) is 26.1 Å². The molecule has 5 nitrogen and oxygen atoms in total. The van der Waals surface area contributed by atoms with Crippen molar-refractivity contribution in [1.82, 2.24) is 20.0 Å². The summed E-state index contributed by atoms with van der Waals surface area (Å²) in [6.07, 6.45) is 18.9. The number of unbranched alkanes of at least 4 members (excludes halogenated alkanes) is 1. The molecule has 4 aliphatic heterocycles. The molecule has 4 unspecified atom stereocenters. The van der Waals surface area contributed by atoms with Gasteiger partial charge in [0.2, 0.25) is 0 Å². The van der Waals surface area contributed by atoms with Crippen molar-refractivity contribution in [1.29, 1.82) is 0 Å². The first kappa shape index (κ1) is 37.9. The Hall–Kier alpha value is -1.89. The molecule has 3 fully saturated rings. The predicted molar refractivity (Wildman–Crippen MR) is 199 cm³/mol. The molecule has 0 bridgehead atoms. The van der Waals surface area contributed by atoms with Gasteiger partial charge in [-0.3, -0.25) is 14.8 Å². The highest BCUT2D eigenvalue weighted by molar-refractivity contribution is 6.39. The number of hydrogen-bond donors (Lipinski definition) is 1. The van der Waals surface area contributed by atoms with E-state index < -0.39 is 0 Å². The number of rotatable bonds is 15. The summed E-state index contributed by atoms with van der Waals surface area (Å²) in [6, 6.07) is 5.95. The molecule has 0 aliphatic carbocycles. The molecule has 5 rings (SSSR count). The van der Waals surface area contributed by atoms with Crippen molar-refractivity contribution in [2.45, 2.75) is 130 Å². The van der Waals surface area contributed by atoms with E-state index in [2.05, 4.69) is 58.4 Å². The summed E-state index contributed by atoms with van der Waals surface area (Å²) in [5.74, 6) is 2.26. The van der Waals surface area contributed by atoms with E-state index in [4.69, 9.17) is 11.6 Å². The molecule has 4 heterocycles. The lowest BCUT2D eigenvalue weighted by atomic mass is 9.90. The van der Waals surface area contributed by atoms with Crippen molar-refractivity contribution in [2.75, 3.05) is 39.3 Å². The maximum Gasteiger partial charge on any atom is 0.175 e. The first-order chi connectivity index (χ1) is 22.7. The van der Waals surface area contributed by atoms with Gasteiger partial charge >= 0.3 is 0 Å². The largest absolute Gasteiger partial charge is 0.373 e. The second kappa shape index (κ2) is 18.8. The second-order valence-electron chi connectivity index (χ2n) is 14.9. The van der Waals surface area contributed by atoms with Crippen molar-refractivity contribution in [2.24, 2.45) is 22.7 Å². The molecule has 1 N–H and O–H groups in total. The van der Waals surface area contributed by atoms with Crippen LogP contribution in [-0.4, -0.2) is 72.0 Å². The number of nitrogens with one attached hydrogen (secondary N) is 1. The minimum absolute atomic E-state index is 0.0241. The fourth-order valence-corrected chi connectivity index (χ4v) is 8.78. The number of aryl methyl sites for hydroxylation is 1. The minimum atomic E-state index is -0.0671. The highest BCUT2D eigenvalue weighted by atomic mass is 35.5. The number of hydrogen-bond acceptors (Lipinski definition) is 5. The van der Waals surface area contributed by atoms with Crippen molar-refractivity contribution >= 4 is 17.8 Å². The lowest BCUT2D eigenvalue weighted by molar-refractivity contribution is 0.119. The van der Waals surface area contributed by atoms with E-state index in [0.29, 0.717) is 11.5 Å². The Morgan fingerprint density at radius 2 is 1.89 bits per heavy atom. The van der Waals surface area contributed by atoms with Crippen LogP contribution in [0.5, 0.6) is 0 Å². The van der Waals surface area contributed by atoms with Crippen molar-refractivity contribution in [3.05, 3.63) is 58.7 Å². The summed E-state index contributed by atoms with van der Waals surface area (Å²) < 4.78 is 15.3. The number of aliphatic imine (C=N–C) groups is 1. The Bertz CT molecular complexity index is 1180. The average molecular weight is 670 g/mol. The summed E-state index contributed by atoms with van der Waals surface area (Å²) >= 11 is 5.97. The topological polar surface area (TPSA) is 34.1 Å². The van der Waals surface area contributed by atoms with Crippen LogP contribution in [0.1, 0.15) is 116 Å². The maximum atomic E-state index is 15.3. The molecule has 264 valence electrons. The van der Waals surface area contributed by atoms with Crippen LogP contribution in [0.15, 0.2) is 46.7 Å². The molecule has 0 saturated carbocycles. The Morgan fingerprint density at radius 1 is 1.11 bits per heavy atom. The van der Waals surface area contributed by atoms with E-state index >= 15 is 4.39 Å². The minimum Gasteiger partial charge on any atom is -0.373 e. The third-order valence-corrected chi connectivity index (χ3v) is 11.4. The van der Waals surface area contributed by atoms with Crippen molar-refractivity contribution < 1.29 is 4.39 Å². The van der Waals surface area contributed by atoms with Gasteiger partial charge in [-0.2, -0.15) is 0 Å². The molecule has 1 aromatic rings. The first-order valence-corrected chi connectivity index (χ1v) is 19.5. The van der Waals surface area contributed by atoms with Gasteiger partial charge < -0.3 is 10.2 Å². The van der Waals surface area contributed by atoms with Crippen LogP contribution >= 0.6 is 11.6 Å². The van der Waals surface area contributed by atoms with Crippen LogP contribution in [0.4, 0.5) is 4.39 Å². The zero-order valence-electron chi connectivity index (χ0n) is 30.4. The highest BCUT2D eigenvalue weighted by Crippen LogP contribution is 2.40. The summed E-state index contributed by atoms with van der Waals surface area (Å²) in [5.41, 5.74) is 3.27. The fourth-order valence-electron chi connectivity index (χ4n) is 8.66. The van der Waals surface area contributed by atoms with Crippen LogP contribution in [-0.2, 0) is 12.8 Å². The molecule has 47 heavy (non-hydrogen) atoms. The van der Waals surface area contributed by atoms with Crippen LogP contribution in [0.2, 0.25) is 0 Å². The Labute approximate surface area is 292 Å². The molecule has 1 spiro atoms. The van der Waals surface area contributed by atoms with E-state index in [1.165, 1.54) is 77.3 Å². The smallest absolute Gasteiger partial charge is 0.175 e. The van der Waals surface area contributed by atoms with Gasteiger partial charge in [-0.25, -0.2) is 4.39 Å².